The van der Waals surface area contributed by atoms with Gasteiger partial charge in [-0.25, -0.2) is 19.6 Å². The maximum Gasteiger partial charge on any atom is 0.354 e. The number of imidazole rings is 1. The van der Waals surface area contributed by atoms with E-state index >= 15 is 0 Å². The molecule has 0 saturated heterocycles. The van der Waals surface area contributed by atoms with Crippen molar-refractivity contribution >= 4 is 39.6 Å². The maximum atomic E-state index is 12.8. The Morgan fingerprint density at radius 3 is 2.62 bits per heavy atom. The van der Waals surface area contributed by atoms with E-state index in [0.29, 0.717) is 27.1 Å². The summed E-state index contributed by atoms with van der Waals surface area (Å²) >= 11 is 6.29. The van der Waals surface area contributed by atoms with Gasteiger partial charge >= 0.3 is 11.7 Å². The topological polar surface area (TPSA) is 92.0 Å². The second kappa shape index (κ2) is 5.26. The summed E-state index contributed by atoms with van der Waals surface area (Å²) < 4.78 is 2.25. The number of carbonyl (C=O) groups is 1. The van der Waals surface area contributed by atoms with E-state index in [0.717, 1.165) is 10.1 Å². The molecule has 120 valence electrons. The smallest absolute Gasteiger partial charge is 0.354 e. The Hall–Kier alpha value is -3.03. The number of benzene rings is 2. The van der Waals surface area contributed by atoms with E-state index in [-0.39, 0.29) is 0 Å². The van der Waals surface area contributed by atoms with Crippen LogP contribution >= 0.6 is 11.6 Å². The van der Waals surface area contributed by atoms with Gasteiger partial charge in [0.15, 0.2) is 0 Å². The van der Waals surface area contributed by atoms with Crippen molar-refractivity contribution in [3.8, 4) is 5.69 Å². The zero-order valence-corrected chi connectivity index (χ0v) is 12.9. The van der Waals surface area contributed by atoms with Crippen LogP contribution in [0.15, 0.2) is 53.5 Å². The van der Waals surface area contributed by atoms with Crippen LogP contribution in [-0.4, -0.2) is 25.4 Å². The number of hydrogen-bond donors (Lipinski definition) is 3. The molecule has 2 heterocycles. The molecule has 1 amide bonds. The van der Waals surface area contributed by atoms with Crippen molar-refractivity contribution in [3.63, 3.8) is 0 Å². The highest BCUT2D eigenvalue weighted by Gasteiger charge is 2.21. The number of amides is 1. The summed E-state index contributed by atoms with van der Waals surface area (Å²) in [5, 5.41) is 10.1. The van der Waals surface area contributed by atoms with Crippen molar-refractivity contribution in [1.29, 1.82) is 0 Å². The molecule has 24 heavy (non-hydrogen) atoms. The van der Waals surface area contributed by atoms with Gasteiger partial charge in [0.2, 0.25) is 0 Å². The standard InChI is InChI=1S/C16H11ClN4O3/c17-9-4-3-5-10-14(9)13(8-18-10)20-11-6-1-2-7-12(11)21(16(20)23)15(22)19-24/h1-8,18,24H,(H,19,22). The Kier molecular flexibility index (Phi) is 3.19. The SMILES string of the molecule is O=C(NO)n1c(=O)n(-c2c[nH]c3cccc(Cl)c23)c2ccccc21. The zero-order valence-electron chi connectivity index (χ0n) is 12.2. The maximum absolute atomic E-state index is 12.8. The minimum Gasteiger partial charge on any atom is -0.359 e. The number of rotatable bonds is 1. The van der Waals surface area contributed by atoms with Gasteiger partial charge in [-0.2, -0.15) is 0 Å². The number of fused-ring (bicyclic) bond motifs is 2. The third-order valence-corrected chi connectivity index (χ3v) is 4.23. The van der Waals surface area contributed by atoms with E-state index in [9.17, 15) is 9.59 Å². The van der Waals surface area contributed by atoms with Gasteiger partial charge in [-0.05, 0) is 24.3 Å². The van der Waals surface area contributed by atoms with Crippen molar-refractivity contribution in [2.45, 2.75) is 0 Å². The van der Waals surface area contributed by atoms with Crippen molar-refractivity contribution in [2.75, 3.05) is 0 Å². The summed E-state index contributed by atoms with van der Waals surface area (Å²) in [7, 11) is 0. The molecule has 0 bridgehead atoms. The van der Waals surface area contributed by atoms with Crippen molar-refractivity contribution in [2.24, 2.45) is 0 Å². The number of H-pyrrole nitrogens is 1. The number of halogens is 1. The van der Waals surface area contributed by atoms with Gasteiger partial charge in [0, 0.05) is 17.1 Å². The van der Waals surface area contributed by atoms with E-state index in [1.165, 1.54) is 10.0 Å². The number of carbonyl (C=O) groups excluding carboxylic acids is 1. The molecule has 2 aromatic carbocycles. The Labute approximate surface area is 139 Å². The summed E-state index contributed by atoms with van der Waals surface area (Å²) in [4.78, 5) is 27.8. The van der Waals surface area contributed by atoms with Crippen LogP contribution in [0, 0.1) is 0 Å². The van der Waals surface area contributed by atoms with Crippen LogP contribution in [0.25, 0.3) is 27.6 Å². The van der Waals surface area contributed by atoms with Gasteiger partial charge in [0.1, 0.15) is 0 Å². The van der Waals surface area contributed by atoms with Crippen LogP contribution in [-0.2, 0) is 0 Å². The van der Waals surface area contributed by atoms with Crippen LogP contribution in [0.2, 0.25) is 5.02 Å². The van der Waals surface area contributed by atoms with Crippen molar-refractivity contribution in [1.82, 2.24) is 19.6 Å². The minimum absolute atomic E-state index is 0.371. The Balaban J connectivity index is 2.16. The van der Waals surface area contributed by atoms with Crippen LogP contribution in [0.1, 0.15) is 0 Å². The van der Waals surface area contributed by atoms with Gasteiger partial charge in [-0.15, -0.1) is 0 Å². The minimum atomic E-state index is -0.930. The molecule has 7 nitrogen and oxygen atoms in total. The first-order valence-electron chi connectivity index (χ1n) is 7.06. The fourth-order valence-corrected chi connectivity index (χ4v) is 3.20. The summed E-state index contributed by atoms with van der Waals surface area (Å²) in [5.74, 6) is 0. The normalized spacial score (nSPS) is 11.2. The summed E-state index contributed by atoms with van der Waals surface area (Å²) in [6.45, 7) is 0. The first kappa shape index (κ1) is 14.6. The second-order valence-corrected chi connectivity index (χ2v) is 5.60. The largest absolute Gasteiger partial charge is 0.359 e. The lowest BCUT2D eigenvalue weighted by Crippen LogP contribution is -2.34. The van der Waals surface area contributed by atoms with E-state index in [2.05, 4.69) is 4.98 Å². The number of nitrogens with zero attached hydrogens (tertiary/aromatic N) is 2. The quantitative estimate of drug-likeness (QED) is 0.367. The van der Waals surface area contributed by atoms with E-state index in [1.807, 2.05) is 6.07 Å². The highest BCUT2D eigenvalue weighted by atomic mass is 35.5. The molecule has 0 aliphatic rings. The first-order valence-corrected chi connectivity index (χ1v) is 7.44. The molecular weight excluding hydrogens is 332 g/mol. The number of para-hydroxylation sites is 2. The molecule has 4 rings (SSSR count). The van der Waals surface area contributed by atoms with E-state index < -0.39 is 11.7 Å². The van der Waals surface area contributed by atoms with Gasteiger partial charge in [0.05, 0.1) is 21.7 Å². The van der Waals surface area contributed by atoms with Crippen molar-refractivity contribution in [3.05, 3.63) is 64.2 Å². The average molecular weight is 343 g/mol. The Morgan fingerprint density at radius 1 is 1.12 bits per heavy atom. The van der Waals surface area contributed by atoms with Crippen LogP contribution in [0.5, 0.6) is 0 Å². The van der Waals surface area contributed by atoms with Gasteiger partial charge in [-0.1, -0.05) is 29.8 Å². The Bertz CT molecular complexity index is 1160. The zero-order chi connectivity index (χ0) is 16.8. The fraction of sp³-hybridized carbons (Fsp3) is 0. The summed E-state index contributed by atoms with van der Waals surface area (Å²) in [6.07, 6.45) is 1.66. The van der Waals surface area contributed by atoms with Crippen LogP contribution < -0.4 is 11.2 Å². The molecule has 0 saturated carbocycles. The van der Waals surface area contributed by atoms with E-state index in [4.69, 9.17) is 16.8 Å². The lowest BCUT2D eigenvalue weighted by molar-refractivity contribution is 0.163. The first-order chi connectivity index (χ1) is 11.6. The molecule has 0 radical (unpaired) electrons. The average Bonchev–Trinajstić information content (AvgIpc) is 3.13. The third kappa shape index (κ3) is 1.89. The molecular formula is C16H11ClN4O3. The number of aromatic nitrogens is 3. The molecule has 0 aliphatic heterocycles. The lowest BCUT2D eigenvalue weighted by Gasteiger charge is -2.02. The lowest BCUT2D eigenvalue weighted by atomic mass is 10.2. The molecule has 0 spiro atoms. The molecule has 4 aromatic rings. The van der Waals surface area contributed by atoms with E-state index in [1.54, 1.807) is 42.6 Å². The number of nitrogens with one attached hydrogen (secondary N) is 2. The number of aromatic amines is 1. The number of hydrogen-bond acceptors (Lipinski definition) is 3. The highest BCUT2D eigenvalue weighted by Crippen LogP contribution is 2.30. The molecule has 0 aliphatic carbocycles. The van der Waals surface area contributed by atoms with Gasteiger partial charge in [0.25, 0.3) is 0 Å². The molecule has 0 fully saturated rings. The fourth-order valence-electron chi connectivity index (χ4n) is 2.93. The predicted octanol–water partition coefficient (Wildman–Crippen LogP) is 2.87. The van der Waals surface area contributed by atoms with Crippen LogP contribution in [0.4, 0.5) is 4.79 Å². The molecule has 8 heteroatoms. The van der Waals surface area contributed by atoms with Gasteiger partial charge < -0.3 is 4.98 Å². The molecule has 3 N–H and O–H groups in total. The predicted molar refractivity (Wildman–Crippen MR) is 90.1 cm³/mol. The monoisotopic (exact) mass is 342 g/mol. The Morgan fingerprint density at radius 2 is 1.88 bits per heavy atom. The highest BCUT2D eigenvalue weighted by molar-refractivity contribution is 6.36. The third-order valence-electron chi connectivity index (χ3n) is 3.92. The van der Waals surface area contributed by atoms with Crippen molar-refractivity contribution < 1.29 is 10.0 Å². The number of hydroxylamine groups is 1. The molecule has 0 unspecified atom stereocenters. The second-order valence-electron chi connectivity index (χ2n) is 5.20. The van der Waals surface area contributed by atoms with Gasteiger partial charge in [-0.3, -0.25) is 9.77 Å². The van der Waals surface area contributed by atoms with Crippen LogP contribution in [0.3, 0.4) is 0 Å². The molecule has 0 atom stereocenters. The summed E-state index contributed by atoms with van der Waals surface area (Å²) in [6, 6.07) is 11.2. The summed E-state index contributed by atoms with van der Waals surface area (Å²) in [5.41, 5.74) is 3.08. The molecule has 2 aromatic heterocycles.